The molecule has 110 valence electrons. The monoisotopic (exact) mass is 286 g/mol. The Labute approximate surface area is 123 Å². The first-order valence-corrected chi connectivity index (χ1v) is 7.26. The maximum atomic E-state index is 11.6. The molecule has 1 aromatic carbocycles. The molecule has 0 atom stereocenters. The van der Waals surface area contributed by atoms with Gasteiger partial charge in [-0.15, -0.1) is 0 Å². The zero-order valence-corrected chi connectivity index (χ0v) is 12.0. The van der Waals surface area contributed by atoms with Crippen molar-refractivity contribution in [3.8, 4) is 17.4 Å². The number of benzene rings is 1. The maximum Gasteiger partial charge on any atom is 0.254 e. The topological polar surface area (TPSA) is 64.2 Å². The highest BCUT2D eigenvalue weighted by atomic mass is 16.5. The molecular formula is C16H18N2O3. The van der Waals surface area contributed by atoms with E-state index < -0.39 is 0 Å². The molecule has 3 rings (SSSR count). The Morgan fingerprint density at radius 3 is 2.62 bits per heavy atom. The van der Waals surface area contributed by atoms with Gasteiger partial charge in [0.15, 0.2) is 0 Å². The van der Waals surface area contributed by atoms with E-state index in [0.29, 0.717) is 24.2 Å². The lowest BCUT2D eigenvalue weighted by molar-refractivity contribution is 0.317. The first-order chi connectivity index (χ1) is 10.2. The maximum absolute atomic E-state index is 11.6. The van der Waals surface area contributed by atoms with Gasteiger partial charge in [0.1, 0.15) is 17.3 Å². The summed E-state index contributed by atoms with van der Waals surface area (Å²) in [6, 6.07) is 8.68. The molecule has 0 bridgehead atoms. The van der Waals surface area contributed by atoms with Crippen molar-refractivity contribution in [2.45, 2.75) is 32.1 Å². The van der Waals surface area contributed by atoms with E-state index in [9.17, 15) is 4.79 Å². The second kappa shape index (κ2) is 5.99. The Bertz CT molecular complexity index is 660. The van der Waals surface area contributed by atoms with Crippen LogP contribution in [0.3, 0.4) is 0 Å². The minimum atomic E-state index is -0.176. The van der Waals surface area contributed by atoms with Crippen LogP contribution in [0.5, 0.6) is 17.4 Å². The number of nitrogens with zero attached hydrogens (tertiary/aromatic N) is 1. The lowest BCUT2D eigenvalue weighted by Crippen LogP contribution is -2.10. The van der Waals surface area contributed by atoms with Crippen LogP contribution in [-0.4, -0.2) is 16.6 Å². The number of hydrogen-bond donors (Lipinski definition) is 1. The van der Waals surface area contributed by atoms with Gasteiger partial charge in [-0.2, -0.15) is 4.98 Å². The summed E-state index contributed by atoms with van der Waals surface area (Å²) >= 11 is 0. The van der Waals surface area contributed by atoms with E-state index >= 15 is 0 Å². The summed E-state index contributed by atoms with van der Waals surface area (Å²) in [7, 11) is 0. The lowest BCUT2D eigenvalue weighted by atomic mass is 10.3. The Morgan fingerprint density at radius 1 is 1.24 bits per heavy atom. The minimum Gasteiger partial charge on any atom is -0.494 e. The van der Waals surface area contributed by atoms with E-state index in [2.05, 4.69) is 16.9 Å². The van der Waals surface area contributed by atoms with Crippen molar-refractivity contribution in [3.05, 3.63) is 46.5 Å². The Hall–Kier alpha value is -2.30. The quantitative estimate of drug-likeness (QED) is 0.885. The molecular weight excluding hydrogens is 268 g/mol. The SMILES string of the molecule is CCCOc1ccc(Oc2cc(=O)[nH]c(C3CC3)n2)cc1. The van der Waals surface area contributed by atoms with Gasteiger partial charge >= 0.3 is 0 Å². The van der Waals surface area contributed by atoms with Gasteiger partial charge in [-0.3, -0.25) is 4.79 Å². The van der Waals surface area contributed by atoms with Crippen LogP contribution in [0.15, 0.2) is 35.1 Å². The van der Waals surface area contributed by atoms with E-state index in [1.807, 2.05) is 24.3 Å². The van der Waals surface area contributed by atoms with E-state index in [1.165, 1.54) is 6.07 Å². The highest BCUT2D eigenvalue weighted by molar-refractivity contribution is 5.33. The van der Waals surface area contributed by atoms with Gasteiger partial charge in [-0.25, -0.2) is 0 Å². The average Bonchev–Trinajstić information content (AvgIpc) is 3.30. The standard InChI is InChI=1S/C16H18N2O3/c1-2-9-20-12-5-7-13(8-6-12)21-15-10-14(19)17-16(18-15)11-3-4-11/h5-8,10-11H,2-4,9H2,1H3,(H,17,18,19). The molecule has 2 aromatic rings. The summed E-state index contributed by atoms with van der Waals surface area (Å²) in [5.74, 6) is 2.88. The highest BCUT2D eigenvalue weighted by Gasteiger charge is 2.26. The largest absolute Gasteiger partial charge is 0.494 e. The number of ether oxygens (including phenoxy) is 2. The molecule has 1 aliphatic carbocycles. The molecule has 0 unspecified atom stereocenters. The predicted octanol–water partition coefficient (Wildman–Crippen LogP) is 3.23. The van der Waals surface area contributed by atoms with E-state index in [4.69, 9.17) is 9.47 Å². The van der Waals surface area contributed by atoms with Crippen molar-refractivity contribution in [1.29, 1.82) is 0 Å². The molecule has 0 saturated heterocycles. The first-order valence-electron chi connectivity index (χ1n) is 7.26. The minimum absolute atomic E-state index is 0.176. The van der Waals surface area contributed by atoms with Crippen LogP contribution in [0.2, 0.25) is 0 Å². The molecule has 1 heterocycles. The summed E-state index contributed by atoms with van der Waals surface area (Å²) in [6.07, 6.45) is 3.13. The van der Waals surface area contributed by atoms with Crippen LogP contribution < -0.4 is 15.0 Å². The van der Waals surface area contributed by atoms with Crippen molar-refractivity contribution >= 4 is 0 Å². The van der Waals surface area contributed by atoms with E-state index in [1.54, 1.807) is 0 Å². The van der Waals surface area contributed by atoms with Gasteiger partial charge < -0.3 is 14.5 Å². The Kier molecular flexibility index (Phi) is 3.90. The molecule has 1 N–H and O–H groups in total. The smallest absolute Gasteiger partial charge is 0.254 e. The van der Waals surface area contributed by atoms with Gasteiger partial charge in [0.05, 0.1) is 12.7 Å². The molecule has 1 aliphatic rings. The van der Waals surface area contributed by atoms with Crippen LogP contribution in [0, 0.1) is 0 Å². The Balaban J connectivity index is 1.72. The average molecular weight is 286 g/mol. The van der Waals surface area contributed by atoms with Crippen molar-refractivity contribution < 1.29 is 9.47 Å². The molecule has 1 aromatic heterocycles. The molecule has 0 radical (unpaired) electrons. The number of nitrogens with one attached hydrogen (secondary N) is 1. The van der Waals surface area contributed by atoms with Crippen LogP contribution in [0.1, 0.15) is 37.9 Å². The molecule has 0 amide bonds. The number of H-pyrrole nitrogens is 1. The molecule has 1 fully saturated rings. The third kappa shape index (κ3) is 3.62. The summed E-state index contributed by atoms with van der Waals surface area (Å²) in [5.41, 5.74) is -0.176. The number of rotatable bonds is 6. The highest BCUT2D eigenvalue weighted by Crippen LogP contribution is 2.38. The second-order valence-corrected chi connectivity index (χ2v) is 5.17. The Morgan fingerprint density at radius 2 is 1.95 bits per heavy atom. The van der Waals surface area contributed by atoms with Gasteiger partial charge in [0.25, 0.3) is 5.56 Å². The summed E-state index contributed by atoms with van der Waals surface area (Å²) in [5, 5.41) is 0. The lowest BCUT2D eigenvalue weighted by Gasteiger charge is -2.08. The van der Waals surface area contributed by atoms with Crippen molar-refractivity contribution in [3.63, 3.8) is 0 Å². The number of aromatic amines is 1. The molecule has 5 heteroatoms. The second-order valence-electron chi connectivity index (χ2n) is 5.17. The summed E-state index contributed by atoms with van der Waals surface area (Å²) in [4.78, 5) is 18.7. The zero-order valence-electron chi connectivity index (χ0n) is 12.0. The molecule has 0 aliphatic heterocycles. The van der Waals surface area contributed by atoms with Crippen molar-refractivity contribution in [2.24, 2.45) is 0 Å². The van der Waals surface area contributed by atoms with Gasteiger partial charge in [-0.05, 0) is 43.5 Å². The normalized spacial score (nSPS) is 14.0. The van der Waals surface area contributed by atoms with Crippen LogP contribution in [-0.2, 0) is 0 Å². The third-order valence-corrected chi connectivity index (χ3v) is 3.22. The zero-order chi connectivity index (χ0) is 14.7. The van der Waals surface area contributed by atoms with E-state index in [0.717, 1.165) is 30.8 Å². The molecule has 21 heavy (non-hydrogen) atoms. The predicted molar refractivity (Wildman–Crippen MR) is 79.1 cm³/mol. The molecule has 1 saturated carbocycles. The summed E-state index contributed by atoms with van der Waals surface area (Å²) < 4.78 is 11.2. The molecule has 0 spiro atoms. The van der Waals surface area contributed by atoms with E-state index in [-0.39, 0.29) is 5.56 Å². The molecule has 5 nitrogen and oxygen atoms in total. The van der Waals surface area contributed by atoms with Gasteiger partial charge in [-0.1, -0.05) is 6.92 Å². The fraction of sp³-hybridized carbons (Fsp3) is 0.375. The van der Waals surface area contributed by atoms with Crippen molar-refractivity contribution in [2.75, 3.05) is 6.61 Å². The fourth-order valence-corrected chi connectivity index (χ4v) is 2.00. The van der Waals surface area contributed by atoms with Crippen LogP contribution in [0.4, 0.5) is 0 Å². The first kappa shape index (κ1) is 13.7. The van der Waals surface area contributed by atoms with Crippen LogP contribution in [0.25, 0.3) is 0 Å². The van der Waals surface area contributed by atoms with Gasteiger partial charge in [0.2, 0.25) is 5.88 Å². The fourth-order valence-electron chi connectivity index (χ4n) is 2.00. The van der Waals surface area contributed by atoms with Crippen LogP contribution >= 0.6 is 0 Å². The number of aromatic nitrogens is 2. The van der Waals surface area contributed by atoms with Crippen molar-refractivity contribution in [1.82, 2.24) is 9.97 Å². The summed E-state index contributed by atoms with van der Waals surface area (Å²) in [6.45, 7) is 2.76. The number of hydrogen-bond acceptors (Lipinski definition) is 4. The third-order valence-electron chi connectivity index (χ3n) is 3.22. The van der Waals surface area contributed by atoms with Gasteiger partial charge in [0, 0.05) is 5.92 Å².